The SMILES string of the molecule is C[C@H](NC(=O)C[C@@H]1CCCO1)c1cc2c(cc1Br)OCCO2. The van der Waals surface area contributed by atoms with E-state index < -0.39 is 0 Å². The Morgan fingerprint density at radius 1 is 1.32 bits per heavy atom. The summed E-state index contributed by atoms with van der Waals surface area (Å²) in [6, 6.07) is 3.71. The van der Waals surface area contributed by atoms with Gasteiger partial charge in [0.25, 0.3) is 0 Å². The van der Waals surface area contributed by atoms with E-state index in [1.807, 2.05) is 19.1 Å². The third-order valence-corrected chi connectivity index (χ3v) is 4.63. The lowest BCUT2D eigenvalue weighted by molar-refractivity contribution is -0.123. The molecule has 2 aliphatic rings. The number of halogens is 1. The van der Waals surface area contributed by atoms with E-state index in [1.165, 1.54) is 0 Å². The lowest BCUT2D eigenvalue weighted by Crippen LogP contribution is -2.30. The van der Waals surface area contributed by atoms with Gasteiger partial charge >= 0.3 is 0 Å². The Hall–Kier alpha value is -1.27. The van der Waals surface area contributed by atoms with E-state index in [9.17, 15) is 4.79 Å². The van der Waals surface area contributed by atoms with Gasteiger partial charge in [0.2, 0.25) is 5.91 Å². The van der Waals surface area contributed by atoms with Crippen molar-refractivity contribution < 1.29 is 19.0 Å². The van der Waals surface area contributed by atoms with Crippen molar-refractivity contribution in [3.8, 4) is 11.5 Å². The Bertz CT molecular complexity index is 557. The van der Waals surface area contributed by atoms with Crippen LogP contribution in [0.25, 0.3) is 0 Å². The zero-order chi connectivity index (χ0) is 15.5. The maximum absolute atomic E-state index is 12.1. The Morgan fingerprint density at radius 3 is 2.73 bits per heavy atom. The molecular weight excluding hydrogens is 350 g/mol. The fourth-order valence-electron chi connectivity index (χ4n) is 2.80. The molecule has 5 nitrogen and oxygen atoms in total. The number of benzene rings is 1. The molecule has 6 heteroatoms. The molecule has 2 atom stereocenters. The summed E-state index contributed by atoms with van der Waals surface area (Å²) in [5, 5.41) is 3.03. The van der Waals surface area contributed by atoms with Crippen LogP contribution >= 0.6 is 15.9 Å². The van der Waals surface area contributed by atoms with Gasteiger partial charge in [-0.05, 0) is 37.5 Å². The molecule has 2 aliphatic heterocycles. The molecule has 1 N–H and O–H groups in total. The second-order valence-corrected chi connectivity index (χ2v) is 6.50. The van der Waals surface area contributed by atoms with E-state index in [4.69, 9.17) is 14.2 Å². The average Bonchev–Trinajstić information content (AvgIpc) is 2.99. The fraction of sp³-hybridized carbons (Fsp3) is 0.562. The predicted octanol–water partition coefficient (Wildman–Crippen LogP) is 2.97. The predicted molar refractivity (Wildman–Crippen MR) is 85.3 cm³/mol. The number of rotatable bonds is 4. The standard InChI is InChI=1S/C16H20BrNO4/c1-10(18-16(19)7-11-3-2-4-20-11)12-8-14-15(9-13(12)17)22-6-5-21-14/h8-11H,2-7H2,1H3,(H,18,19)/t10-,11-/m0/s1. The smallest absolute Gasteiger partial charge is 0.223 e. The number of hydrogen-bond acceptors (Lipinski definition) is 4. The molecular formula is C16H20BrNO4. The molecule has 1 aromatic rings. The molecule has 120 valence electrons. The number of carbonyl (C=O) groups excluding carboxylic acids is 1. The average molecular weight is 370 g/mol. The highest BCUT2D eigenvalue weighted by Crippen LogP contribution is 2.37. The van der Waals surface area contributed by atoms with Crippen molar-refractivity contribution in [3.05, 3.63) is 22.2 Å². The zero-order valence-corrected chi connectivity index (χ0v) is 14.1. The van der Waals surface area contributed by atoms with Gasteiger partial charge in [-0.1, -0.05) is 15.9 Å². The third kappa shape index (κ3) is 3.55. The van der Waals surface area contributed by atoms with E-state index in [2.05, 4.69) is 21.2 Å². The molecule has 0 unspecified atom stereocenters. The van der Waals surface area contributed by atoms with E-state index in [1.54, 1.807) is 0 Å². The third-order valence-electron chi connectivity index (χ3n) is 3.94. The summed E-state index contributed by atoms with van der Waals surface area (Å²) < 4.78 is 17.6. The van der Waals surface area contributed by atoms with Gasteiger partial charge in [0.1, 0.15) is 13.2 Å². The lowest BCUT2D eigenvalue weighted by atomic mass is 10.1. The quantitative estimate of drug-likeness (QED) is 0.886. The van der Waals surface area contributed by atoms with Crippen molar-refractivity contribution in [3.63, 3.8) is 0 Å². The second kappa shape index (κ2) is 6.87. The van der Waals surface area contributed by atoms with Crippen LogP contribution < -0.4 is 14.8 Å². The van der Waals surface area contributed by atoms with Gasteiger partial charge in [0, 0.05) is 11.1 Å². The Labute approximate surface area is 138 Å². The minimum absolute atomic E-state index is 0.0150. The van der Waals surface area contributed by atoms with Crippen molar-refractivity contribution in [2.45, 2.75) is 38.3 Å². The Balaban J connectivity index is 1.66. The maximum Gasteiger partial charge on any atom is 0.223 e. The summed E-state index contributed by atoms with van der Waals surface area (Å²) >= 11 is 3.54. The summed E-state index contributed by atoms with van der Waals surface area (Å²) in [6.07, 6.45) is 2.50. The van der Waals surface area contributed by atoms with Gasteiger partial charge in [0.05, 0.1) is 18.6 Å². The lowest BCUT2D eigenvalue weighted by Gasteiger charge is -2.22. The molecule has 2 heterocycles. The summed E-state index contributed by atoms with van der Waals surface area (Å²) in [5.41, 5.74) is 0.977. The Morgan fingerprint density at radius 2 is 2.05 bits per heavy atom. The molecule has 0 radical (unpaired) electrons. The largest absolute Gasteiger partial charge is 0.486 e. The summed E-state index contributed by atoms with van der Waals surface area (Å²) in [7, 11) is 0. The second-order valence-electron chi connectivity index (χ2n) is 5.65. The molecule has 1 saturated heterocycles. The molecule has 22 heavy (non-hydrogen) atoms. The highest BCUT2D eigenvalue weighted by molar-refractivity contribution is 9.10. The highest BCUT2D eigenvalue weighted by atomic mass is 79.9. The van der Waals surface area contributed by atoms with E-state index in [0.717, 1.165) is 41.0 Å². The molecule has 0 saturated carbocycles. The van der Waals surface area contributed by atoms with Crippen molar-refractivity contribution >= 4 is 21.8 Å². The van der Waals surface area contributed by atoms with Gasteiger partial charge in [-0.3, -0.25) is 4.79 Å². The number of carbonyl (C=O) groups is 1. The first-order valence-corrected chi connectivity index (χ1v) is 8.43. The van der Waals surface area contributed by atoms with Crippen LogP contribution in [0, 0.1) is 0 Å². The number of amides is 1. The van der Waals surface area contributed by atoms with Crippen LogP contribution in [0.2, 0.25) is 0 Å². The van der Waals surface area contributed by atoms with E-state index in [0.29, 0.717) is 19.6 Å². The first kappa shape index (κ1) is 15.6. The van der Waals surface area contributed by atoms with Gasteiger partial charge in [-0.25, -0.2) is 0 Å². The van der Waals surface area contributed by atoms with Gasteiger partial charge in [-0.15, -0.1) is 0 Å². The van der Waals surface area contributed by atoms with Gasteiger partial charge in [-0.2, -0.15) is 0 Å². The number of ether oxygens (including phenoxy) is 3. The molecule has 3 rings (SSSR count). The number of hydrogen-bond donors (Lipinski definition) is 1. The van der Waals surface area contributed by atoms with Crippen LogP contribution in [-0.4, -0.2) is 31.8 Å². The van der Waals surface area contributed by atoms with Gasteiger partial charge in [0.15, 0.2) is 11.5 Å². The van der Waals surface area contributed by atoms with Crippen molar-refractivity contribution in [1.82, 2.24) is 5.32 Å². The van der Waals surface area contributed by atoms with Crippen LogP contribution in [0.4, 0.5) is 0 Å². The van der Waals surface area contributed by atoms with Crippen LogP contribution in [0.3, 0.4) is 0 Å². The molecule has 0 aliphatic carbocycles. The molecule has 1 amide bonds. The molecule has 1 aromatic carbocycles. The first-order chi connectivity index (χ1) is 10.6. The normalized spacial score (nSPS) is 21.5. The monoisotopic (exact) mass is 369 g/mol. The molecule has 0 bridgehead atoms. The summed E-state index contributed by atoms with van der Waals surface area (Å²) in [5.74, 6) is 1.48. The molecule has 0 spiro atoms. The van der Waals surface area contributed by atoms with Crippen LogP contribution in [-0.2, 0) is 9.53 Å². The Kier molecular flexibility index (Phi) is 4.88. The van der Waals surface area contributed by atoms with Crippen LogP contribution in [0.5, 0.6) is 11.5 Å². The minimum Gasteiger partial charge on any atom is -0.486 e. The van der Waals surface area contributed by atoms with Crippen molar-refractivity contribution in [2.24, 2.45) is 0 Å². The maximum atomic E-state index is 12.1. The van der Waals surface area contributed by atoms with E-state index >= 15 is 0 Å². The first-order valence-electron chi connectivity index (χ1n) is 7.63. The van der Waals surface area contributed by atoms with Gasteiger partial charge < -0.3 is 19.5 Å². The van der Waals surface area contributed by atoms with Crippen LogP contribution in [0.15, 0.2) is 16.6 Å². The summed E-state index contributed by atoms with van der Waals surface area (Å²) in [6.45, 7) is 3.84. The highest BCUT2D eigenvalue weighted by Gasteiger charge is 2.22. The topological polar surface area (TPSA) is 56.8 Å². The van der Waals surface area contributed by atoms with Crippen molar-refractivity contribution in [2.75, 3.05) is 19.8 Å². The minimum atomic E-state index is -0.112. The molecule has 1 fully saturated rings. The van der Waals surface area contributed by atoms with E-state index in [-0.39, 0.29) is 18.1 Å². The molecule has 0 aromatic heterocycles. The van der Waals surface area contributed by atoms with Crippen LogP contribution in [0.1, 0.15) is 37.8 Å². The number of nitrogens with one attached hydrogen (secondary N) is 1. The summed E-state index contributed by atoms with van der Waals surface area (Å²) in [4.78, 5) is 12.1. The number of fused-ring (bicyclic) bond motifs is 1. The van der Waals surface area contributed by atoms with Crippen molar-refractivity contribution in [1.29, 1.82) is 0 Å². The zero-order valence-electron chi connectivity index (χ0n) is 12.6. The fourth-order valence-corrected chi connectivity index (χ4v) is 3.47.